The van der Waals surface area contributed by atoms with E-state index >= 15 is 0 Å². The number of ether oxygens (including phenoxy) is 1. The Bertz CT molecular complexity index is 414. The normalized spacial score (nSPS) is 12.2. The van der Waals surface area contributed by atoms with Crippen molar-refractivity contribution in [2.24, 2.45) is 5.92 Å². The van der Waals surface area contributed by atoms with Crippen LogP contribution in [0.4, 0.5) is 5.69 Å². The quantitative estimate of drug-likeness (QED) is 0.818. The number of halogens is 2. The summed E-state index contributed by atoms with van der Waals surface area (Å²) in [6.45, 7) is 2.43. The standard InChI is InChI=1S/C12H15Cl2NO3/c1-7(6-18-2)3-11(16)15-8-4-9(13)12(17)10(14)5-8/h4-5,7,17H,3,6H2,1-2H3,(H,15,16). The molecule has 0 radical (unpaired) electrons. The van der Waals surface area contributed by atoms with Gasteiger partial charge in [-0.15, -0.1) is 0 Å². The molecule has 0 fully saturated rings. The summed E-state index contributed by atoms with van der Waals surface area (Å²) >= 11 is 11.5. The molecule has 1 aromatic carbocycles. The summed E-state index contributed by atoms with van der Waals surface area (Å²) in [4.78, 5) is 11.7. The second-order valence-corrected chi connectivity index (χ2v) is 4.92. The number of rotatable bonds is 5. The molecule has 100 valence electrons. The summed E-state index contributed by atoms with van der Waals surface area (Å²) < 4.78 is 4.95. The summed E-state index contributed by atoms with van der Waals surface area (Å²) in [5.41, 5.74) is 0.456. The minimum Gasteiger partial charge on any atom is -0.505 e. The van der Waals surface area contributed by atoms with Gasteiger partial charge in [-0.05, 0) is 18.1 Å². The highest BCUT2D eigenvalue weighted by Crippen LogP contribution is 2.34. The fourth-order valence-electron chi connectivity index (χ4n) is 1.51. The van der Waals surface area contributed by atoms with Crippen LogP contribution in [-0.4, -0.2) is 24.7 Å². The number of benzene rings is 1. The molecule has 1 amide bonds. The molecule has 0 saturated carbocycles. The van der Waals surface area contributed by atoms with Gasteiger partial charge in [0, 0.05) is 25.8 Å². The van der Waals surface area contributed by atoms with Crippen LogP contribution in [0.15, 0.2) is 12.1 Å². The van der Waals surface area contributed by atoms with Gasteiger partial charge in [0.1, 0.15) is 0 Å². The molecule has 0 aliphatic carbocycles. The number of nitrogens with one attached hydrogen (secondary N) is 1. The molecule has 1 aromatic rings. The predicted octanol–water partition coefficient (Wildman–Crippen LogP) is 3.31. The molecule has 18 heavy (non-hydrogen) atoms. The summed E-state index contributed by atoms with van der Waals surface area (Å²) in [6.07, 6.45) is 0.337. The Balaban J connectivity index is 2.65. The van der Waals surface area contributed by atoms with E-state index in [9.17, 15) is 9.90 Å². The highest BCUT2D eigenvalue weighted by atomic mass is 35.5. The first-order valence-electron chi connectivity index (χ1n) is 5.40. The van der Waals surface area contributed by atoms with Crippen molar-refractivity contribution < 1.29 is 14.6 Å². The zero-order valence-corrected chi connectivity index (χ0v) is 11.7. The van der Waals surface area contributed by atoms with Gasteiger partial charge in [-0.25, -0.2) is 0 Å². The van der Waals surface area contributed by atoms with E-state index in [2.05, 4.69) is 5.32 Å². The average Bonchev–Trinajstić information content (AvgIpc) is 2.25. The van der Waals surface area contributed by atoms with E-state index in [1.807, 2.05) is 6.92 Å². The van der Waals surface area contributed by atoms with E-state index in [0.717, 1.165) is 0 Å². The van der Waals surface area contributed by atoms with Crippen LogP contribution in [0.5, 0.6) is 5.75 Å². The van der Waals surface area contributed by atoms with Crippen molar-refractivity contribution in [3.8, 4) is 5.75 Å². The second kappa shape index (κ2) is 6.83. The Morgan fingerprint density at radius 2 is 2.00 bits per heavy atom. The van der Waals surface area contributed by atoms with Gasteiger partial charge in [-0.2, -0.15) is 0 Å². The van der Waals surface area contributed by atoms with E-state index < -0.39 is 0 Å². The lowest BCUT2D eigenvalue weighted by atomic mass is 10.1. The molecule has 0 bridgehead atoms. The van der Waals surface area contributed by atoms with Gasteiger partial charge in [-0.1, -0.05) is 30.1 Å². The number of aromatic hydroxyl groups is 1. The van der Waals surface area contributed by atoms with Crippen LogP contribution in [0.3, 0.4) is 0 Å². The van der Waals surface area contributed by atoms with Gasteiger partial charge in [-0.3, -0.25) is 4.79 Å². The largest absolute Gasteiger partial charge is 0.505 e. The molecule has 0 aliphatic rings. The van der Waals surface area contributed by atoms with Crippen molar-refractivity contribution in [3.63, 3.8) is 0 Å². The van der Waals surface area contributed by atoms with Crippen molar-refractivity contribution >= 4 is 34.8 Å². The summed E-state index contributed by atoms with van der Waals surface area (Å²) in [5.74, 6) is -0.223. The monoisotopic (exact) mass is 291 g/mol. The zero-order valence-electron chi connectivity index (χ0n) is 10.2. The van der Waals surface area contributed by atoms with Gasteiger partial charge in [0.05, 0.1) is 10.0 Å². The first kappa shape index (κ1) is 15.1. The van der Waals surface area contributed by atoms with Crippen molar-refractivity contribution in [1.29, 1.82) is 0 Å². The maximum Gasteiger partial charge on any atom is 0.224 e. The highest BCUT2D eigenvalue weighted by molar-refractivity contribution is 6.37. The molecule has 1 unspecified atom stereocenters. The Morgan fingerprint density at radius 3 is 2.50 bits per heavy atom. The van der Waals surface area contributed by atoms with Crippen LogP contribution in [0.1, 0.15) is 13.3 Å². The number of carbonyl (C=O) groups excluding carboxylic acids is 1. The molecule has 0 aromatic heterocycles. The number of hydrogen-bond acceptors (Lipinski definition) is 3. The van der Waals surface area contributed by atoms with Crippen molar-refractivity contribution in [2.45, 2.75) is 13.3 Å². The maximum absolute atomic E-state index is 11.7. The number of methoxy groups -OCH3 is 1. The smallest absolute Gasteiger partial charge is 0.224 e. The molecular weight excluding hydrogens is 277 g/mol. The van der Waals surface area contributed by atoms with E-state index in [4.69, 9.17) is 27.9 Å². The molecule has 0 aliphatic heterocycles. The van der Waals surface area contributed by atoms with Crippen molar-refractivity contribution in [3.05, 3.63) is 22.2 Å². The Hall–Kier alpha value is -0.970. The van der Waals surface area contributed by atoms with Crippen molar-refractivity contribution in [2.75, 3.05) is 19.0 Å². The third-order valence-electron chi connectivity index (χ3n) is 2.29. The van der Waals surface area contributed by atoms with E-state index in [-0.39, 0.29) is 27.6 Å². The topological polar surface area (TPSA) is 58.6 Å². The molecule has 4 nitrogen and oxygen atoms in total. The lowest BCUT2D eigenvalue weighted by molar-refractivity contribution is -0.117. The molecular formula is C12H15Cl2NO3. The molecule has 1 rings (SSSR count). The lowest BCUT2D eigenvalue weighted by Crippen LogP contribution is -2.17. The first-order chi connectivity index (χ1) is 8.43. The van der Waals surface area contributed by atoms with Gasteiger partial charge in [0.25, 0.3) is 0 Å². The van der Waals surface area contributed by atoms with Gasteiger partial charge in [0.15, 0.2) is 5.75 Å². The molecule has 0 heterocycles. The number of phenolic OH excluding ortho intramolecular Hbond substituents is 1. The Morgan fingerprint density at radius 1 is 1.44 bits per heavy atom. The Kier molecular flexibility index (Phi) is 5.72. The first-order valence-corrected chi connectivity index (χ1v) is 6.16. The van der Waals surface area contributed by atoms with Crippen LogP contribution in [0, 0.1) is 5.92 Å². The van der Waals surface area contributed by atoms with Crippen LogP contribution in [0.25, 0.3) is 0 Å². The molecule has 2 N–H and O–H groups in total. The summed E-state index contributed by atoms with van der Waals surface area (Å²) in [6, 6.07) is 2.89. The van der Waals surface area contributed by atoms with Gasteiger partial charge >= 0.3 is 0 Å². The average molecular weight is 292 g/mol. The molecule has 1 atom stereocenters. The Labute approximate surface area is 116 Å². The highest BCUT2D eigenvalue weighted by Gasteiger charge is 2.11. The van der Waals surface area contributed by atoms with Crippen molar-refractivity contribution in [1.82, 2.24) is 0 Å². The van der Waals surface area contributed by atoms with Gasteiger partial charge < -0.3 is 15.2 Å². The summed E-state index contributed by atoms with van der Waals surface area (Å²) in [5, 5.41) is 12.3. The van der Waals surface area contributed by atoms with Crippen LogP contribution in [-0.2, 0) is 9.53 Å². The SMILES string of the molecule is COCC(C)CC(=O)Nc1cc(Cl)c(O)c(Cl)c1. The maximum atomic E-state index is 11.7. The second-order valence-electron chi connectivity index (χ2n) is 4.10. The third-order valence-corrected chi connectivity index (χ3v) is 2.86. The molecule has 6 heteroatoms. The van der Waals surface area contributed by atoms with E-state index in [1.165, 1.54) is 12.1 Å². The molecule has 0 saturated heterocycles. The number of carbonyl (C=O) groups is 1. The fourth-order valence-corrected chi connectivity index (χ4v) is 2.00. The zero-order chi connectivity index (χ0) is 13.7. The van der Waals surface area contributed by atoms with Crippen LogP contribution in [0.2, 0.25) is 10.0 Å². The third kappa shape index (κ3) is 4.37. The number of phenols is 1. The van der Waals surface area contributed by atoms with E-state index in [0.29, 0.717) is 18.7 Å². The minimum absolute atomic E-state index is 0.0998. The van der Waals surface area contributed by atoms with Crippen LogP contribution < -0.4 is 5.32 Å². The van der Waals surface area contributed by atoms with E-state index in [1.54, 1.807) is 7.11 Å². The number of hydrogen-bond donors (Lipinski definition) is 2. The lowest BCUT2D eigenvalue weighted by Gasteiger charge is -2.11. The molecule has 0 spiro atoms. The predicted molar refractivity (Wildman–Crippen MR) is 72.4 cm³/mol. The minimum atomic E-state index is -0.191. The number of amides is 1. The fraction of sp³-hybridized carbons (Fsp3) is 0.417. The number of anilines is 1. The van der Waals surface area contributed by atoms with Crippen LogP contribution >= 0.6 is 23.2 Å². The van der Waals surface area contributed by atoms with Gasteiger partial charge in [0.2, 0.25) is 5.91 Å². The summed E-state index contributed by atoms with van der Waals surface area (Å²) in [7, 11) is 1.59.